The Morgan fingerprint density at radius 2 is 2.17 bits per heavy atom. The minimum absolute atomic E-state index is 0.585. The number of alkyl halides is 1. The van der Waals surface area contributed by atoms with Crippen LogP contribution in [0.4, 0.5) is 0 Å². The Hall–Kier alpha value is -0.730. The van der Waals surface area contributed by atoms with Crippen LogP contribution >= 0.6 is 11.6 Å². The van der Waals surface area contributed by atoms with Crippen molar-refractivity contribution in [2.24, 2.45) is 0 Å². The summed E-state index contributed by atoms with van der Waals surface area (Å²) in [6.07, 6.45) is 3.68. The summed E-state index contributed by atoms with van der Waals surface area (Å²) >= 11 is 6.05. The average molecular weight is 266 g/mol. The first kappa shape index (κ1) is 12.3. The van der Waals surface area contributed by atoms with Crippen molar-refractivity contribution >= 4 is 11.6 Å². The summed E-state index contributed by atoms with van der Waals surface area (Å²) in [6, 6.07) is 9.05. The molecule has 1 aromatic rings. The van der Waals surface area contributed by atoms with E-state index in [2.05, 4.69) is 29.2 Å². The SMILES string of the molecule is ClCC1CCCN1CC1CCOc2ccccc21. The largest absolute Gasteiger partial charge is 0.493 e. The van der Waals surface area contributed by atoms with Gasteiger partial charge in [0.05, 0.1) is 6.61 Å². The molecule has 1 fully saturated rings. The van der Waals surface area contributed by atoms with Gasteiger partial charge >= 0.3 is 0 Å². The summed E-state index contributed by atoms with van der Waals surface area (Å²) in [4.78, 5) is 2.57. The Balaban J connectivity index is 1.74. The molecule has 98 valence electrons. The van der Waals surface area contributed by atoms with Crippen molar-refractivity contribution in [2.75, 3.05) is 25.6 Å². The molecule has 0 saturated carbocycles. The van der Waals surface area contributed by atoms with Crippen LogP contribution in [0, 0.1) is 0 Å². The van der Waals surface area contributed by atoms with E-state index in [1.807, 2.05) is 0 Å². The zero-order chi connectivity index (χ0) is 12.4. The second-order valence-corrected chi connectivity index (χ2v) is 5.63. The molecule has 0 spiro atoms. The van der Waals surface area contributed by atoms with Gasteiger partial charge in [-0.3, -0.25) is 4.90 Å². The van der Waals surface area contributed by atoms with E-state index in [-0.39, 0.29) is 0 Å². The second-order valence-electron chi connectivity index (χ2n) is 5.32. The molecular formula is C15H20ClNO. The molecule has 1 aromatic carbocycles. The number of halogens is 1. The molecule has 1 saturated heterocycles. The molecule has 2 aliphatic heterocycles. The van der Waals surface area contributed by atoms with Gasteiger partial charge in [0.15, 0.2) is 0 Å². The van der Waals surface area contributed by atoms with Gasteiger partial charge in [0.2, 0.25) is 0 Å². The molecule has 0 radical (unpaired) electrons. The first-order chi connectivity index (χ1) is 8.88. The number of benzene rings is 1. The second kappa shape index (κ2) is 5.50. The van der Waals surface area contributed by atoms with E-state index in [9.17, 15) is 0 Å². The van der Waals surface area contributed by atoms with Crippen LogP contribution in [-0.2, 0) is 0 Å². The Morgan fingerprint density at radius 1 is 1.28 bits per heavy atom. The number of nitrogens with zero attached hydrogens (tertiary/aromatic N) is 1. The summed E-state index contributed by atoms with van der Waals surface area (Å²) in [5.41, 5.74) is 1.38. The van der Waals surface area contributed by atoms with Crippen molar-refractivity contribution in [2.45, 2.75) is 31.2 Å². The lowest BCUT2D eigenvalue weighted by molar-refractivity contribution is 0.208. The number of fused-ring (bicyclic) bond motifs is 1. The van der Waals surface area contributed by atoms with Crippen LogP contribution in [0.3, 0.4) is 0 Å². The molecule has 2 unspecified atom stereocenters. The highest BCUT2D eigenvalue weighted by Crippen LogP contribution is 2.35. The first-order valence-corrected chi connectivity index (χ1v) is 7.43. The van der Waals surface area contributed by atoms with Gasteiger partial charge in [-0.05, 0) is 37.4 Å². The summed E-state index contributed by atoms with van der Waals surface area (Å²) < 4.78 is 5.73. The monoisotopic (exact) mass is 265 g/mol. The van der Waals surface area contributed by atoms with E-state index < -0.39 is 0 Å². The Bertz CT molecular complexity index is 409. The maximum atomic E-state index is 6.05. The van der Waals surface area contributed by atoms with Crippen molar-refractivity contribution in [1.29, 1.82) is 0 Å². The molecule has 2 heterocycles. The first-order valence-electron chi connectivity index (χ1n) is 6.90. The van der Waals surface area contributed by atoms with E-state index >= 15 is 0 Å². The number of hydrogen-bond acceptors (Lipinski definition) is 2. The lowest BCUT2D eigenvalue weighted by atomic mass is 9.92. The van der Waals surface area contributed by atoms with Gasteiger partial charge in [0, 0.05) is 24.4 Å². The third-order valence-corrected chi connectivity index (χ3v) is 4.57. The third-order valence-electron chi connectivity index (χ3n) is 4.21. The number of likely N-dealkylation sites (tertiary alicyclic amines) is 1. The fourth-order valence-corrected chi connectivity index (χ4v) is 3.55. The van der Waals surface area contributed by atoms with Crippen LogP contribution in [0.5, 0.6) is 5.75 Å². The highest BCUT2D eigenvalue weighted by Gasteiger charge is 2.29. The fraction of sp³-hybridized carbons (Fsp3) is 0.600. The van der Waals surface area contributed by atoms with Crippen LogP contribution in [-0.4, -0.2) is 36.5 Å². The van der Waals surface area contributed by atoms with Gasteiger partial charge in [-0.2, -0.15) is 0 Å². The number of ether oxygens (including phenoxy) is 1. The third kappa shape index (κ3) is 2.36. The van der Waals surface area contributed by atoms with Gasteiger partial charge in [0.25, 0.3) is 0 Å². The summed E-state index contributed by atoms with van der Waals surface area (Å²) in [5, 5.41) is 0. The zero-order valence-electron chi connectivity index (χ0n) is 10.6. The van der Waals surface area contributed by atoms with Crippen LogP contribution in [0.2, 0.25) is 0 Å². The molecule has 18 heavy (non-hydrogen) atoms. The lowest BCUT2D eigenvalue weighted by Gasteiger charge is -2.31. The standard InChI is InChI=1S/C15H20ClNO/c16-10-13-4-3-8-17(13)11-12-7-9-18-15-6-2-1-5-14(12)15/h1-2,5-6,12-13H,3-4,7-11H2. The normalized spacial score (nSPS) is 27.8. The van der Waals surface area contributed by atoms with E-state index in [0.29, 0.717) is 12.0 Å². The predicted octanol–water partition coefficient (Wildman–Crippen LogP) is 3.26. The van der Waals surface area contributed by atoms with Crippen LogP contribution in [0.1, 0.15) is 30.7 Å². The minimum atomic E-state index is 0.585. The Morgan fingerprint density at radius 3 is 3.06 bits per heavy atom. The van der Waals surface area contributed by atoms with Gasteiger partial charge < -0.3 is 4.74 Å². The van der Waals surface area contributed by atoms with Gasteiger partial charge in [-0.15, -0.1) is 11.6 Å². The molecular weight excluding hydrogens is 246 g/mol. The molecule has 3 rings (SSSR count). The predicted molar refractivity (Wildman–Crippen MR) is 74.6 cm³/mol. The van der Waals surface area contributed by atoms with Gasteiger partial charge in [-0.25, -0.2) is 0 Å². The van der Waals surface area contributed by atoms with Crippen LogP contribution in [0.15, 0.2) is 24.3 Å². The van der Waals surface area contributed by atoms with E-state index in [0.717, 1.165) is 31.2 Å². The van der Waals surface area contributed by atoms with Crippen molar-refractivity contribution in [3.63, 3.8) is 0 Å². The minimum Gasteiger partial charge on any atom is -0.493 e. The molecule has 3 heteroatoms. The molecule has 0 amide bonds. The zero-order valence-corrected chi connectivity index (χ0v) is 11.4. The molecule has 0 aliphatic carbocycles. The molecule has 0 bridgehead atoms. The van der Waals surface area contributed by atoms with Crippen molar-refractivity contribution in [3.05, 3.63) is 29.8 Å². The number of hydrogen-bond donors (Lipinski definition) is 0. The highest BCUT2D eigenvalue weighted by molar-refractivity contribution is 6.18. The molecule has 2 atom stereocenters. The summed E-state index contributed by atoms with van der Waals surface area (Å²) in [7, 11) is 0. The van der Waals surface area contributed by atoms with Gasteiger partial charge in [0.1, 0.15) is 5.75 Å². The molecule has 2 aliphatic rings. The van der Waals surface area contributed by atoms with E-state index in [1.54, 1.807) is 0 Å². The molecule has 0 aromatic heterocycles. The fourth-order valence-electron chi connectivity index (χ4n) is 3.20. The molecule has 0 N–H and O–H groups in total. The molecule has 2 nitrogen and oxygen atoms in total. The van der Waals surface area contributed by atoms with Gasteiger partial charge in [-0.1, -0.05) is 18.2 Å². The maximum absolute atomic E-state index is 6.05. The van der Waals surface area contributed by atoms with Crippen molar-refractivity contribution < 1.29 is 4.74 Å². The average Bonchev–Trinajstić information content (AvgIpc) is 2.86. The van der Waals surface area contributed by atoms with E-state index in [1.165, 1.54) is 24.9 Å². The van der Waals surface area contributed by atoms with Crippen molar-refractivity contribution in [3.8, 4) is 5.75 Å². The highest BCUT2D eigenvalue weighted by atomic mass is 35.5. The number of para-hydroxylation sites is 1. The topological polar surface area (TPSA) is 12.5 Å². The van der Waals surface area contributed by atoms with Crippen LogP contribution < -0.4 is 4.74 Å². The Labute approximate surface area is 114 Å². The Kier molecular flexibility index (Phi) is 3.76. The van der Waals surface area contributed by atoms with E-state index in [4.69, 9.17) is 16.3 Å². The summed E-state index contributed by atoms with van der Waals surface area (Å²) in [5.74, 6) is 2.46. The smallest absolute Gasteiger partial charge is 0.122 e. The summed E-state index contributed by atoms with van der Waals surface area (Å²) in [6.45, 7) is 3.19. The maximum Gasteiger partial charge on any atom is 0.122 e. The number of rotatable bonds is 3. The lowest BCUT2D eigenvalue weighted by Crippen LogP contribution is -2.35. The van der Waals surface area contributed by atoms with Crippen LogP contribution in [0.25, 0.3) is 0 Å². The van der Waals surface area contributed by atoms with Crippen molar-refractivity contribution in [1.82, 2.24) is 4.90 Å². The quantitative estimate of drug-likeness (QED) is 0.778.